The molecule has 0 aromatic carbocycles. The third-order valence-electron chi connectivity index (χ3n) is 3.10. The molecular formula is C12H19N3O3S. The zero-order valence-corrected chi connectivity index (χ0v) is 12.1. The van der Waals surface area contributed by atoms with Crippen molar-refractivity contribution < 1.29 is 13.2 Å². The van der Waals surface area contributed by atoms with Crippen LogP contribution in [0.5, 0.6) is 0 Å². The Hall–Kier alpha value is -1.05. The van der Waals surface area contributed by atoms with Crippen molar-refractivity contribution in [1.82, 2.24) is 14.3 Å². The van der Waals surface area contributed by atoms with E-state index in [1.165, 1.54) is 10.6 Å². The lowest BCUT2D eigenvalue weighted by molar-refractivity contribution is 0.122. The van der Waals surface area contributed by atoms with Gasteiger partial charge in [-0.2, -0.15) is 4.31 Å². The number of aromatic nitrogens is 2. The molecular weight excluding hydrogens is 266 g/mol. The van der Waals surface area contributed by atoms with Crippen LogP contribution >= 0.6 is 0 Å². The fourth-order valence-electron chi connectivity index (χ4n) is 2.09. The Kier molecular flexibility index (Phi) is 4.49. The van der Waals surface area contributed by atoms with E-state index in [1.54, 1.807) is 12.4 Å². The molecule has 0 unspecified atom stereocenters. The summed E-state index contributed by atoms with van der Waals surface area (Å²) in [4.78, 5) is 8.50. The number of nitrogens with zero attached hydrogens (tertiary/aromatic N) is 3. The Morgan fingerprint density at radius 3 is 2.84 bits per heavy atom. The van der Waals surface area contributed by atoms with Gasteiger partial charge in [-0.05, 0) is 13.3 Å². The number of aryl methyl sites for hydroxylation is 1. The maximum Gasteiger partial charge on any atom is 0.211 e. The quantitative estimate of drug-likeness (QED) is 0.795. The van der Waals surface area contributed by atoms with Gasteiger partial charge in [0, 0.05) is 31.4 Å². The molecule has 0 spiro atoms. The fraction of sp³-hybridized carbons (Fsp3) is 0.667. The average Bonchev–Trinajstić information content (AvgIpc) is 2.57. The van der Waals surface area contributed by atoms with Crippen molar-refractivity contribution >= 4 is 10.0 Å². The first-order valence-corrected chi connectivity index (χ1v) is 8.10. The molecule has 1 fully saturated rings. The van der Waals surface area contributed by atoms with E-state index in [-0.39, 0.29) is 5.92 Å². The van der Waals surface area contributed by atoms with Crippen LogP contribution in [0.2, 0.25) is 0 Å². The first-order chi connectivity index (χ1) is 8.95. The second-order valence-electron chi connectivity index (χ2n) is 4.92. The molecule has 0 N–H and O–H groups in total. The summed E-state index contributed by atoms with van der Waals surface area (Å²) < 4.78 is 30.2. The van der Waals surface area contributed by atoms with Crippen LogP contribution in [-0.4, -0.2) is 55.3 Å². The average molecular weight is 285 g/mol. The molecule has 19 heavy (non-hydrogen) atoms. The van der Waals surface area contributed by atoms with Crippen molar-refractivity contribution in [2.24, 2.45) is 5.92 Å². The van der Waals surface area contributed by atoms with E-state index in [1.807, 2.05) is 6.92 Å². The van der Waals surface area contributed by atoms with Crippen LogP contribution in [0, 0.1) is 12.8 Å². The Morgan fingerprint density at radius 2 is 2.21 bits per heavy atom. The molecule has 2 heterocycles. The molecule has 0 radical (unpaired) electrons. The van der Waals surface area contributed by atoms with Gasteiger partial charge in [0.15, 0.2) is 0 Å². The van der Waals surface area contributed by atoms with E-state index in [4.69, 9.17) is 4.74 Å². The molecule has 106 valence electrons. The van der Waals surface area contributed by atoms with Crippen LogP contribution in [0.1, 0.15) is 11.4 Å². The molecule has 1 aromatic rings. The predicted molar refractivity (Wildman–Crippen MR) is 71.2 cm³/mol. The molecule has 1 saturated heterocycles. The minimum absolute atomic E-state index is 0.120. The normalized spacial score (nSPS) is 22.1. The highest BCUT2D eigenvalue weighted by atomic mass is 32.2. The number of sulfonamides is 1. The predicted octanol–water partition coefficient (Wildman–Crippen LogP) is 0.236. The molecule has 6 nitrogen and oxygen atoms in total. The summed E-state index contributed by atoms with van der Waals surface area (Å²) in [5, 5.41) is 0. The summed E-state index contributed by atoms with van der Waals surface area (Å²) in [6, 6.07) is 0. The van der Waals surface area contributed by atoms with Gasteiger partial charge in [0.2, 0.25) is 10.0 Å². The van der Waals surface area contributed by atoms with Crippen molar-refractivity contribution in [3.05, 3.63) is 23.8 Å². The van der Waals surface area contributed by atoms with E-state index < -0.39 is 10.0 Å². The van der Waals surface area contributed by atoms with Crippen molar-refractivity contribution in [3.63, 3.8) is 0 Å². The standard InChI is InChI=1S/C12H19N3O3S/c1-10-6-14-12(7-13-10)5-11-8-15(19(2,16)17)3-4-18-9-11/h6-7,11H,3-5,8-9H2,1-2H3/t11-/m1/s1. The molecule has 0 bridgehead atoms. The van der Waals surface area contributed by atoms with Gasteiger partial charge in [-0.15, -0.1) is 0 Å². The monoisotopic (exact) mass is 285 g/mol. The third kappa shape index (κ3) is 4.22. The van der Waals surface area contributed by atoms with E-state index in [2.05, 4.69) is 9.97 Å². The number of hydrogen-bond acceptors (Lipinski definition) is 5. The van der Waals surface area contributed by atoms with Crippen LogP contribution < -0.4 is 0 Å². The summed E-state index contributed by atoms with van der Waals surface area (Å²) in [5.41, 5.74) is 1.74. The van der Waals surface area contributed by atoms with E-state index in [0.29, 0.717) is 32.7 Å². The zero-order chi connectivity index (χ0) is 13.9. The van der Waals surface area contributed by atoms with Gasteiger partial charge in [-0.3, -0.25) is 9.97 Å². The molecule has 1 atom stereocenters. The molecule has 7 heteroatoms. The molecule has 1 aromatic heterocycles. The summed E-state index contributed by atoms with van der Waals surface area (Å²) >= 11 is 0. The minimum Gasteiger partial charge on any atom is -0.380 e. The highest BCUT2D eigenvalue weighted by Crippen LogP contribution is 2.14. The van der Waals surface area contributed by atoms with Gasteiger partial charge >= 0.3 is 0 Å². The maximum atomic E-state index is 11.6. The summed E-state index contributed by atoms with van der Waals surface area (Å²) in [7, 11) is -3.16. The summed E-state index contributed by atoms with van der Waals surface area (Å²) in [5.74, 6) is 0.120. The van der Waals surface area contributed by atoms with Gasteiger partial charge in [0.1, 0.15) is 0 Å². The Morgan fingerprint density at radius 1 is 1.42 bits per heavy atom. The number of ether oxygens (including phenoxy) is 1. The highest BCUT2D eigenvalue weighted by Gasteiger charge is 2.25. The van der Waals surface area contributed by atoms with Crippen LogP contribution in [0.25, 0.3) is 0 Å². The van der Waals surface area contributed by atoms with Gasteiger partial charge in [-0.25, -0.2) is 8.42 Å². The van der Waals surface area contributed by atoms with Gasteiger partial charge in [-0.1, -0.05) is 0 Å². The first-order valence-electron chi connectivity index (χ1n) is 6.25. The lowest BCUT2D eigenvalue weighted by atomic mass is 10.0. The van der Waals surface area contributed by atoms with Crippen LogP contribution in [0.4, 0.5) is 0 Å². The topological polar surface area (TPSA) is 72.4 Å². The lowest BCUT2D eigenvalue weighted by Crippen LogP contribution is -2.35. The second kappa shape index (κ2) is 5.94. The van der Waals surface area contributed by atoms with E-state index in [9.17, 15) is 8.42 Å². The number of rotatable bonds is 3. The smallest absolute Gasteiger partial charge is 0.211 e. The fourth-order valence-corrected chi connectivity index (χ4v) is 2.98. The molecule has 0 aliphatic carbocycles. The van der Waals surface area contributed by atoms with Gasteiger partial charge in [0.25, 0.3) is 0 Å². The van der Waals surface area contributed by atoms with Crippen molar-refractivity contribution in [3.8, 4) is 0 Å². The van der Waals surface area contributed by atoms with Crippen molar-refractivity contribution in [2.45, 2.75) is 13.3 Å². The molecule has 0 amide bonds. The third-order valence-corrected chi connectivity index (χ3v) is 4.37. The van der Waals surface area contributed by atoms with Crippen LogP contribution in [-0.2, 0) is 21.2 Å². The number of hydrogen-bond donors (Lipinski definition) is 0. The summed E-state index contributed by atoms with van der Waals surface area (Å²) in [6.45, 7) is 3.80. The van der Waals surface area contributed by atoms with Gasteiger partial charge < -0.3 is 4.74 Å². The van der Waals surface area contributed by atoms with E-state index in [0.717, 1.165) is 11.4 Å². The maximum absolute atomic E-state index is 11.6. The van der Waals surface area contributed by atoms with Crippen LogP contribution in [0.3, 0.4) is 0 Å². The summed E-state index contributed by atoms with van der Waals surface area (Å²) in [6.07, 6.45) is 5.38. The van der Waals surface area contributed by atoms with Crippen LogP contribution in [0.15, 0.2) is 12.4 Å². The zero-order valence-electron chi connectivity index (χ0n) is 11.2. The van der Waals surface area contributed by atoms with Crippen molar-refractivity contribution in [2.75, 3.05) is 32.6 Å². The van der Waals surface area contributed by atoms with Crippen molar-refractivity contribution in [1.29, 1.82) is 0 Å². The van der Waals surface area contributed by atoms with Gasteiger partial charge in [0.05, 0.1) is 30.9 Å². The molecule has 0 saturated carbocycles. The largest absolute Gasteiger partial charge is 0.380 e. The molecule has 1 aliphatic heterocycles. The molecule has 1 aliphatic rings. The molecule has 2 rings (SSSR count). The highest BCUT2D eigenvalue weighted by molar-refractivity contribution is 7.88. The Labute approximate surface area is 113 Å². The van der Waals surface area contributed by atoms with E-state index >= 15 is 0 Å². The lowest BCUT2D eigenvalue weighted by Gasteiger charge is -2.20. The first kappa shape index (κ1) is 14.4. The Bertz CT molecular complexity index is 516. The second-order valence-corrected chi connectivity index (χ2v) is 6.90. The Balaban J connectivity index is 2.04. The minimum atomic E-state index is -3.16. The SMILES string of the molecule is Cc1cnc(C[C@H]2COCCN(S(C)(=O)=O)C2)cn1.